The summed E-state index contributed by atoms with van der Waals surface area (Å²) < 4.78 is 5.25. The fraction of sp³-hybridized carbons (Fsp3) is 0.609. The van der Waals surface area contributed by atoms with E-state index in [4.69, 9.17) is 4.42 Å². The average Bonchev–Trinajstić information content (AvgIpc) is 2.65. The summed E-state index contributed by atoms with van der Waals surface area (Å²) in [6.45, 7) is 2.28. The maximum Gasteiger partial charge on any atom is 0.337 e. The number of hydrogen-bond donors (Lipinski definition) is 0. The third kappa shape index (κ3) is 7.99. The van der Waals surface area contributed by atoms with Crippen molar-refractivity contribution >= 4 is 22.7 Å². The van der Waals surface area contributed by atoms with Crippen LogP contribution in [0.4, 0.5) is 0 Å². The number of benzene rings is 1. The third-order valence-electron chi connectivity index (χ3n) is 4.87. The summed E-state index contributed by atoms with van der Waals surface area (Å²) in [5.41, 5.74) is 0.443. The minimum absolute atomic E-state index is 0.249. The van der Waals surface area contributed by atoms with Gasteiger partial charge in [-0.05, 0) is 18.2 Å². The van der Waals surface area contributed by atoms with Gasteiger partial charge in [0.25, 0.3) is 0 Å². The molecule has 0 amide bonds. The molecule has 0 N–H and O–H groups in total. The van der Waals surface area contributed by atoms with Crippen molar-refractivity contribution in [2.24, 2.45) is 0 Å². The van der Waals surface area contributed by atoms with Gasteiger partial charge < -0.3 is 4.42 Å². The van der Waals surface area contributed by atoms with Crippen LogP contribution in [0, 0.1) is 0 Å². The zero-order valence-electron chi connectivity index (χ0n) is 16.3. The first-order valence-corrected chi connectivity index (χ1v) is 11.5. The van der Waals surface area contributed by atoms with Crippen LogP contribution < -0.4 is 5.63 Å². The Morgan fingerprint density at radius 3 is 2.04 bits per heavy atom. The topological polar surface area (TPSA) is 30.2 Å². The highest BCUT2D eigenvalue weighted by Gasteiger charge is 2.05. The summed E-state index contributed by atoms with van der Waals surface area (Å²) >= 11 is 1.79. The molecule has 3 heteroatoms. The minimum atomic E-state index is -0.249. The van der Waals surface area contributed by atoms with Crippen molar-refractivity contribution in [1.29, 1.82) is 0 Å². The van der Waals surface area contributed by atoms with Gasteiger partial charge in [0.15, 0.2) is 0 Å². The Labute approximate surface area is 162 Å². The van der Waals surface area contributed by atoms with Crippen molar-refractivity contribution in [2.75, 3.05) is 5.75 Å². The maximum atomic E-state index is 11.7. The van der Waals surface area contributed by atoms with Crippen LogP contribution in [0.2, 0.25) is 0 Å². The summed E-state index contributed by atoms with van der Waals surface area (Å²) in [6.07, 6.45) is 16.5. The van der Waals surface area contributed by atoms with Gasteiger partial charge in [-0.25, -0.2) is 4.79 Å². The van der Waals surface area contributed by atoms with Crippen molar-refractivity contribution in [3.63, 3.8) is 0 Å². The van der Waals surface area contributed by atoms with Gasteiger partial charge in [-0.3, -0.25) is 0 Å². The number of fused-ring (bicyclic) bond motifs is 1. The Morgan fingerprint density at radius 1 is 0.808 bits per heavy atom. The van der Waals surface area contributed by atoms with E-state index in [9.17, 15) is 4.79 Å². The fourth-order valence-electron chi connectivity index (χ4n) is 3.33. The zero-order valence-corrected chi connectivity index (χ0v) is 17.1. The number of unbranched alkanes of at least 4 members (excludes halogenated alkanes) is 11. The van der Waals surface area contributed by atoms with Crippen molar-refractivity contribution < 1.29 is 4.42 Å². The van der Waals surface area contributed by atoms with Gasteiger partial charge in [-0.15, -0.1) is 11.8 Å². The molecule has 0 bridgehead atoms. The molecule has 1 aromatic heterocycles. The van der Waals surface area contributed by atoms with Crippen LogP contribution in [-0.2, 0) is 0 Å². The minimum Gasteiger partial charge on any atom is -0.423 e. The highest BCUT2D eigenvalue weighted by atomic mass is 32.2. The molecule has 0 unspecified atom stereocenters. The smallest absolute Gasteiger partial charge is 0.337 e. The molecule has 0 fully saturated rings. The molecular weight excluding hydrogens is 340 g/mol. The second-order valence-corrected chi connectivity index (χ2v) is 8.30. The summed E-state index contributed by atoms with van der Waals surface area (Å²) in [7, 11) is 0. The van der Waals surface area contributed by atoms with E-state index in [0.717, 1.165) is 16.0 Å². The lowest BCUT2D eigenvalue weighted by Gasteiger charge is -2.05. The SMILES string of the molecule is CCCCCCCCCCCCCCSc1cc(=O)oc2ccccc12. The first-order chi connectivity index (χ1) is 12.8. The number of rotatable bonds is 14. The number of thioether (sulfide) groups is 1. The second-order valence-electron chi connectivity index (χ2n) is 7.16. The van der Waals surface area contributed by atoms with E-state index in [-0.39, 0.29) is 5.63 Å². The predicted molar refractivity (Wildman–Crippen MR) is 114 cm³/mol. The lowest BCUT2D eigenvalue weighted by atomic mass is 10.1. The number of hydrogen-bond acceptors (Lipinski definition) is 3. The van der Waals surface area contributed by atoms with E-state index in [0.29, 0.717) is 5.58 Å². The maximum absolute atomic E-state index is 11.7. The molecule has 0 atom stereocenters. The van der Waals surface area contributed by atoms with Gasteiger partial charge in [0, 0.05) is 16.3 Å². The van der Waals surface area contributed by atoms with Crippen LogP contribution in [0.1, 0.15) is 84.0 Å². The van der Waals surface area contributed by atoms with Crippen molar-refractivity contribution in [1.82, 2.24) is 0 Å². The molecule has 0 aliphatic heterocycles. The quantitative estimate of drug-likeness (QED) is 0.194. The predicted octanol–water partition coefficient (Wildman–Crippen LogP) is 7.59. The van der Waals surface area contributed by atoms with Gasteiger partial charge >= 0.3 is 5.63 Å². The Morgan fingerprint density at radius 2 is 1.38 bits per heavy atom. The average molecular weight is 375 g/mol. The van der Waals surface area contributed by atoms with Crippen LogP contribution in [0.25, 0.3) is 11.0 Å². The first-order valence-electron chi connectivity index (χ1n) is 10.5. The van der Waals surface area contributed by atoms with Crippen LogP contribution in [0.5, 0.6) is 0 Å². The monoisotopic (exact) mass is 374 g/mol. The van der Waals surface area contributed by atoms with E-state index < -0.39 is 0 Å². The van der Waals surface area contributed by atoms with Crippen LogP contribution in [0.3, 0.4) is 0 Å². The molecule has 0 radical (unpaired) electrons. The van der Waals surface area contributed by atoms with Crippen LogP contribution in [-0.4, -0.2) is 5.75 Å². The highest BCUT2D eigenvalue weighted by Crippen LogP contribution is 2.27. The fourth-order valence-corrected chi connectivity index (χ4v) is 4.40. The molecule has 2 aromatic rings. The molecule has 0 aliphatic rings. The lowest BCUT2D eigenvalue weighted by molar-refractivity contribution is 0.548. The molecule has 2 rings (SSSR count). The molecule has 0 saturated heterocycles. The van der Waals surface area contributed by atoms with E-state index >= 15 is 0 Å². The summed E-state index contributed by atoms with van der Waals surface area (Å²) in [6, 6.07) is 9.43. The molecule has 1 aromatic carbocycles. The van der Waals surface area contributed by atoms with E-state index in [1.807, 2.05) is 24.3 Å². The molecule has 0 aliphatic carbocycles. The summed E-state index contributed by atoms with van der Waals surface area (Å²) in [5.74, 6) is 1.07. The summed E-state index contributed by atoms with van der Waals surface area (Å²) in [5, 5.41) is 1.05. The normalized spacial score (nSPS) is 11.3. The van der Waals surface area contributed by atoms with E-state index in [1.54, 1.807) is 17.8 Å². The Kier molecular flexibility index (Phi) is 10.6. The van der Waals surface area contributed by atoms with Crippen molar-refractivity contribution in [3.8, 4) is 0 Å². The van der Waals surface area contributed by atoms with Gasteiger partial charge in [-0.1, -0.05) is 95.8 Å². The Bertz CT molecular complexity index is 677. The van der Waals surface area contributed by atoms with Crippen molar-refractivity contribution in [2.45, 2.75) is 88.9 Å². The Hall–Kier alpha value is -1.22. The first kappa shape index (κ1) is 21.1. The van der Waals surface area contributed by atoms with Gasteiger partial charge in [0.1, 0.15) is 5.58 Å². The molecule has 26 heavy (non-hydrogen) atoms. The zero-order chi connectivity index (χ0) is 18.5. The van der Waals surface area contributed by atoms with Crippen LogP contribution in [0.15, 0.2) is 44.4 Å². The molecule has 1 heterocycles. The van der Waals surface area contributed by atoms with E-state index in [2.05, 4.69) is 6.92 Å². The number of para-hydroxylation sites is 1. The Balaban J connectivity index is 1.52. The third-order valence-corrected chi connectivity index (χ3v) is 6.01. The van der Waals surface area contributed by atoms with Crippen LogP contribution >= 0.6 is 11.8 Å². The largest absolute Gasteiger partial charge is 0.423 e. The standard InChI is InChI=1S/C23H34O2S/c1-2-3-4-5-6-7-8-9-10-11-12-15-18-26-22-19-23(24)25-21-17-14-13-16-20(21)22/h13-14,16-17,19H,2-12,15,18H2,1H3. The summed E-state index contributed by atoms with van der Waals surface area (Å²) in [4.78, 5) is 12.7. The highest BCUT2D eigenvalue weighted by molar-refractivity contribution is 7.99. The van der Waals surface area contributed by atoms with Gasteiger partial charge in [0.2, 0.25) is 0 Å². The lowest BCUT2D eigenvalue weighted by Crippen LogP contribution is -1.97. The van der Waals surface area contributed by atoms with Gasteiger partial charge in [-0.2, -0.15) is 0 Å². The molecule has 2 nitrogen and oxygen atoms in total. The van der Waals surface area contributed by atoms with Gasteiger partial charge in [0.05, 0.1) is 0 Å². The molecule has 144 valence electrons. The molecular formula is C23H34O2S. The van der Waals surface area contributed by atoms with E-state index in [1.165, 1.54) is 77.0 Å². The second kappa shape index (κ2) is 13.0. The molecule has 0 spiro atoms. The van der Waals surface area contributed by atoms with Crippen molar-refractivity contribution in [3.05, 3.63) is 40.8 Å². The molecule has 0 saturated carbocycles.